The van der Waals surface area contributed by atoms with Crippen LogP contribution in [0.1, 0.15) is 48.6 Å². The first kappa shape index (κ1) is 47.7. The average Bonchev–Trinajstić information content (AvgIpc) is 3.64. The summed E-state index contributed by atoms with van der Waals surface area (Å²) in [5.74, 6) is -1.36. The number of nitrogens with one attached hydrogen (secondary N) is 2. The Bertz CT molecular complexity index is 2170. The highest BCUT2D eigenvalue weighted by Crippen LogP contribution is 2.38. The second kappa shape index (κ2) is 19.8. The maximum absolute atomic E-state index is 13.6. The number of amides is 2. The molecule has 1 aromatic heterocycles. The number of aliphatic imine (C=N–C) groups is 1. The number of carbonyl (C=O) groups is 2. The van der Waals surface area contributed by atoms with Gasteiger partial charge in [0.25, 0.3) is 11.8 Å². The van der Waals surface area contributed by atoms with Crippen LogP contribution < -0.4 is 25.2 Å². The van der Waals surface area contributed by atoms with E-state index in [0.29, 0.717) is 48.2 Å². The Labute approximate surface area is 354 Å². The summed E-state index contributed by atoms with van der Waals surface area (Å²) in [5, 5.41) is 15.2. The van der Waals surface area contributed by atoms with E-state index in [-0.39, 0.29) is 35.2 Å². The van der Waals surface area contributed by atoms with Gasteiger partial charge in [-0.05, 0) is 44.5 Å². The highest BCUT2D eigenvalue weighted by Gasteiger charge is 2.41. The van der Waals surface area contributed by atoms with Crippen LogP contribution in [0, 0.1) is 0 Å². The molecule has 22 heteroatoms. The Hall–Kier alpha value is -5.32. The molecular weight excluding hydrogens is 862 g/mol. The SMILES string of the molecule is CC(C)(C)NC[C@H](O)COc1nsnc1N1CCOCC1.O=C(Cc1ccc(C(F)(F)F)cc1C(F)(F)F)N[C@@H]1N=C(c2ccccc2)c2ccccc2N(CC(F)(F)F)C1=O. The molecule has 336 valence electrons. The number of β-amino-alcohol motifs (C(OH)–C–C–N with tert-alkyl or cyclic N) is 1. The highest BCUT2D eigenvalue weighted by atomic mass is 32.1. The van der Waals surface area contributed by atoms with Gasteiger partial charge >= 0.3 is 18.5 Å². The lowest BCUT2D eigenvalue weighted by molar-refractivity contribution is -0.143. The largest absolute Gasteiger partial charge is 0.472 e. The fraction of sp³-hybridized carbons (Fsp3) is 0.425. The van der Waals surface area contributed by atoms with E-state index >= 15 is 0 Å². The van der Waals surface area contributed by atoms with Gasteiger partial charge in [0, 0.05) is 36.3 Å². The van der Waals surface area contributed by atoms with Gasteiger partial charge in [0.15, 0.2) is 0 Å². The van der Waals surface area contributed by atoms with Crippen molar-refractivity contribution in [2.75, 3.05) is 55.8 Å². The maximum Gasteiger partial charge on any atom is 0.416 e. The molecule has 62 heavy (non-hydrogen) atoms. The molecule has 3 aromatic carbocycles. The fourth-order valence-electron chi connectivity index (χ4n) is 6.13. The van der Waals surface area contributed by atoms with E-state index in [1.54, 1.807) is 30.3 Å². The van der Waals surface area contributed by atoms with Crippen LogP contribution in [0.15, 0.2) is 77.8 Å². The summed E-state index contributed by atoms with van der Waals surface area (Å²) in [5.41, 5.74) is -3.85. The molecule has 3 N–H and O–H groups in total. The first-order valence-corrected chi connectivity index (χ1v) is 19.6. The number of aliphatic hydroxyl groups excluding tert-OH is 1. The highest BCUT2D eigenvalue weighted by molar-refractivity contribution is 6.99. The van der Waals surface area contributed by atoms with Crippen LogP contribution in [0.2, 0.25) is 0 Å². The number of halogens is 9. The van der Waals surface area contributed by atoms with E-state index in [1.807, 2.05) is 0 Å². The van der Waals surface area contributed by atoms with Crippen LogP contribution in [0.5, 0.6) is 5.88 Å². The summed E-state index contributed by atoms with van der Waals surface area (Å²) in [7, 11) is 0. The summed E-state index contributed by atoms with van der Waals surface area (Å²) < 4.78 is 140. The number of carbonyl (C=O) groups excluding carboxylic acids is 2. The number of ether oxygens (including phenoxy) is 2. The summed E-state index contributed by atoms with van der Waals surface area (Å²) in [4.78, 5) is 32.8. The van der Waals surface area contributed by atoms with Crippen LogP contribution in [0.25, 0.3) is 0 Å². The van der Waals surface area contributed by atoms with Crippen molar-refractivity contribution in [3.05, 3.63) is 101 Å². The lowest BCUT2D eigenvalue weighted by Gasteiger charge is -2.27. The Morgan fingerprint density at radius 2 is 1.58 bits per heavy atom. The van der Waals surface area contributed by atoms with E-state index in [1.165, 1.54) is 24.3 Å². The molecule has 6 rings (SSSR count). The molecule has 4 aromatic rings. The number of hydrogen-bond acceptors (Lipinski definition) is 11. The van der Waals surface area contributed by atoms with E-state index in [4.69, 9.17) is 9.47 Å². The quantitative estimate of drug-likeness (QED) is 0.141. The summed E-state index contributed by atoms with van der Waals surface area (Å²) in [6.45, 7) is 8.05. The fourth-order valence-corrected chi connectivity index (χ4v) is 6.65. The second-order valence-electron chi connectivity index (χ2n) is 15.0. The van der Waals surface area contributed by atoms with Gasteiger partial charge in [-0.15, -0.1) is 4.37 Å². The minimum Gasteiger partial charge on any atom is -0.472 e. The van der Waals surface area contributed by atoms with Crippen molar-refractivity contribution in [2.24, 2.45) is 4.99 Å². The van der Waals surface area contributed by atoms with Crippen LogP contribution >= 0.6 is 11.7 Å². The first-order valence-electron chi connectivity index (χ1n) is 18.9. The molecule has 0 aliphatic carbocycles. The second-order valence-corrected chi connectivity index (χ2v) is 15.5. The summed E-state index contributed by atoms with van der Waals surface area (Å²) in [6, 6.07) is 14.2. The third kappa shape index (κ3) is 13.3. The smallest absolute Gasteiger partial charge is 0.416 e. The van der Waals surface area contributed by atoms with Crippen molar-refractivity contribution in [1.82, 2.24) is 19.4 Å². The third-order valence-electron chi connectivity index (χ3n) is 9.02. The Balaban J connectivity index is 0.000000290. The van der Waals surface area contributed by atoms with Gasteiger partial charge in [0.2, 0.25) is 17.9 Å². The number of nitrogens with zero attached hydrogens (tertiary/aromatic N) is 5. The Kier molecular flexibility index (Phi) is 15.2. The molecule has 12 nitrogen and oxygen atoms in total. The molecule has 0 radical (unpaired) electrons. The molecule has 0 spiro atoms. The van der Waals surface area contributed by atoms with Gasteiger partial charge in [0.1, 0.15) is 19.3 Å². The monoisotopic (exact) mass is 903 g/mol. The van der Waals surface area contributed by atoms with Crippen LogP contribution in [0.3, 0.4) is 0 Å². The van der Waals surface area contributed by atoms with Gasteiger partial charge in [-0.1, -0.05) is 54.6 Å². The molecule has 0 bridgehead atoms. The number of aliphatic hydroxyl groups is 1. The Morgan fingerprint density at radius 3 is 2.21 bits per heavy atom. The van der Waals surface area contributed by atoms with Crippen LogP contribution in [-0.2, 0) is 33.1 Å². The predicted molar refractivity (Wildman–Crippen MR) is 211 cm³/mol. The lowest BCUT2D eigenvalue weighted by Crippen LogP contribution is -2.50. The summed E-state index contributed by atoms with van der Waals surface area (Å²) in [6.07, 6.45) is -19.0. The maximum atomic E-state index is 13.6. The lowest BCUT2D eigenvalue weighted by atomic mass is 10.00. The molecule has 2 aliphatic rings. The molecule has 2 atom stereocenters. The molecule has 2 amide bonds. The number of benzodiazepines with no additional fused rings is 1. The number of fused-ring (bicyclic) bond motifs is 1. The topological polar surface area (TPSA) is 142 Å². The number of para-hydroxylation sites is 1. The van der Waals surface area contributed by atoms with Gasteiger partial charge < -0.3 is 30.1 Å². The number of aromatic nitrogens is 2. The molecule has 1 fully saturated rings. The number of alkyl halides is 9. The van der Waals surface area contributed by atoms with Crippen LogP contribution in [-0.4, -0.2) is 101 Å². The number of morpholine rings is 1. The number of rotatable bonds is 11. The standard InChI is InChI=1S/C27H18F9N3O2.C13H24N4O3S/c28-25(29,30)14-39-20-9-5-4-8-18(20)22(15-6-2-1-3-7-15)38-23(24(39)41)37-21(40)12-16-10-11-17(26(31,32)33)13-19(16)27(34,35)36;1-13(2,3)14-8-10(18)9-20-12-11(15-21-16-12)17-4-6-19-7-5-17/h1-11,13,23H,12,14H2,(H,37,40);10,14,18H,4-9H2,1-3H3/t23-;10-/m10/s1. The summed E-state index contributed by atoms with van der Waals surface area (Å²) >= 11 is 1.12. The molecular formula is C40H42F9N7O5S. The van der Waals surface area contributed by atoms with E-state index < -0.39 is 72.3 Å². The van der Waals surface area contributed by atoms with Gasteiger partial charge in [-0.3, -0.25) is 14.5 Å². The molecule has 0 saturated carbocycles. The van der Waals surface area contributed by atoms with E-state index in [0.717, 1.165) is 30.6 Å². The Morgan fingerprint density at radius 1 is 0.919 bits per heavy atom. The number of benzene rings is 3. The van der Waals surface area contributed by atoms with Gasteiger partial charge in [-0.2, -0.15) is 43.9 Å². The van der Waals surface area contributed by atoms with Crippen molar-refractivity contribution in [2.45, 2.75) is 63.5 Å². The average molecular weight is 904 g/mol. The van der Waals surface area contributed by atoms with Gasteiger partial charge in [0.05, 0.1) is 53.9 Å². The minimum absolute atomic E-state index is 0.0232. The zero-order valence-corrected chi connectivity index (χ0v) is 34.2. The first-order chi connectivity index (χ1) is 29.0. The van der Waals surface area contributed by atoms with Crippen molar-refractivity contribution in [3.8, 4) is 5.88 Å². The zero-order valence-electron chi connectivity index (χ0n) is 33.4. The number of anilines is 2. The number of hydrogen-bond donors (Lipinski definition) is 3. The van der Waals surface area contributed by atoms with Gasteiger partial charge in [-0.25, -0.2) is 4.99 Å². The van der Waals surface area contributed by atoms with E-state index in [2.05, 4.69) is 50.0 Å². The van der Waals surface area contributed by atoms with Crippen molar-refractivity contribution in [1.29, 1.82) is 0 Å². The molecule has 0 unspecified atom stereocenters. The van der Waals surface area contributed by atoms with Crippen molar-refractivity contribution >= 4 is 40.8 Å². The molecule has 2 aliphatic heterocycles. The third-order valence-corrected chi connectivity index (χ3v) is 9.52. The molecule has 3 heterocycles. The zero-order chi connectivity index (χ0) is 45.5. The molecule has 1 saturated heterocycles. The normalized spacial score (nSPS) is 16.7. The van der Waals surface area contributed by atoms with E-state index in [9.17, 15) is 54.2 Å². The van der Waals surface area contributed by atoms with Crippen molar-refractivity contribution < 1.29 is 63.7 Å². The van der Waals surface area contributed by atoms with Crippen LogP contribution in [0.4, 0.5) is 51.0 Å². The van der Waals surface area contributed by atoms with Crippen molar-refractivity contribution in [3.63, 3.8) is 0 Å². The predicted octanol–water partition coefficient (Wildman–Crippen LogP) is 6.66. The minimum atomic E-state index is -5.27.